The molecule has 0 aliphatic heterocycles. The van der Waals surface area contributed by atoms with E-state index >= 15 is 0 Å². The van der Waals surface area contributed by atoms with Crippen molar-refractivity contribution in [3.05, 3.63) is 64.7 Å². The van der Waals surface area contributed by atoms with E-state index in [-0.39, 0.29) is 10.8 Å². The molecule has 2 rings (SSSR count). The van der Waals surface area contributed by atoms with Crippen molar-refractivity contribution in [2.75, 3.05) is 20.1 Å². The van der Waals surface area contributed by atoms with Crippen LogP contribution in [0.1, 0.15) is 34.0 Å². The number of nitrogens with one attached hydrogen (secondary N) is 1. The van der Waals surface area contributed by atoms with Crippen LogP contribution >= 0.6 is 0 Å². The fourth-order valence-corrected chi connectivity index (χ4v) is 3.90. The predicted molar refractivity (Wildman–Crippen MR) is 104 cm³/mol. The number of hydrogen-bond donors (Lipinski definition) is 1. The van der Waals surface area contributed by atoms with Crippen LogP contribution in [0.3, 0.4) is 0 Å². The van der Waals surface area contributed by atoms with Gasteiger partial charge in [-0.3, -0.25) is 4.79 Å². The fourth-order valence-electron chi connectivity index (χ4n) is 2.83. The van der Waals surface area contributed by atoms with E-state index in [1.165, 1.54) is 13.1 Å². The minimum absolute atomic E-state index is 0.154. The van der Waals surface area contributed by atoms with Crippen molar-refractivity contribution in [2.45, 2.75) is 32.1 Å². The highest BCUT2D eigenvalue weighted by Gasteiger charge is 2.21. The zero-order valence-corrected chi connectivity index (χ0v) is 16.6. The number of likely N-dealkylation sites (N-methyl/N-ethyl adjacent to an activating group) is 1. The first-order valence-corrected chi connectivity index (χ1v) is 10.2. The van der Waals surface area contributed by atoms with Gasteiger partial charge in [0.15, 0.2) is 0 Å². The summed E-state index contributed by atoms with van der Waals surface area (Å²) in [6.07, 6.45) is 0.757. The molecule has 6 heteroatoms. The average molecular weight is 375 g/mol. The zero-order chi connectivity index (χ0) is 19.3. The molecule has 0 radical (unpaired) electrons. The lowest BCUT2D eigenvalue weighted by Gasteiger charge is -2.22. The third-order valence-electron chi connectivity index (χ3n) is 4.61. The molecule has 0 atom stereocenters. The summed E-state index contributed by atoms with van der Waals surface area (Å²) in [5.74, 6) is -0.154. The van der Waals surface area contributed by atoms with Crippen molar-refractivity contribution in [2.24, 2.45) is 0 Å². The monoisotopic (exact) mass is 374 g/mol. The molecule has 5 nitrogen and oxygen atoms in total. The standard InChI is InChI=1S/C20H26N2O3S/c1-5-22(12-11-17-9-7-6-8-10-17)20(23)18-13-15(2)16(3)19(14-18)26(24,25)21-4/h6-10,13-14,21H,5,11-12H2,1-4H3. The molecule has 0 bridgehead atoms. The quantitative estimate of drug-likeness (QED) is 0.810. The van der Waals surface area contributed by atoms with Crippen molar-refractivity contribution >= 4 is 15.9 Å². The summed E-state index contributed by atoms with van der Waals surface area (Å²) in [7, 11) is -2.24. The Labute approximate surface area is 156 Å². The van der Waals surface area contributed by atoms with E-state index in [9.17, 15) is 13.2 Å². The molecule has 2 aromatic rings. The molecule has 0 saturated heterocycles. The first-order valence-electron chi connectivity index (χ1n) is 8.68. The van der Waals surface area contributed by atoms with Crippen molar-refractivity contribution < 1.29 is 13.2 Å². The zero-order valence-electron chi connectivity index (χ0n) is 15.7. The summed E-state index contributed by atoms with van der Waals surface area (Å²) in [5.41, 5.74) is 3.00. The van der Waals surface area contributed by atoms with Crippen molar-refractivity contribution in [3.8, 4) is 0 Å². The second kappa shape index (κ2) is 8.47. The summed E-state index contributed by atoms with van der Waals surface area (Å²) >= 11 is 0. The highest BCUT2D eigenvalue weighted by molar-refractivity contribution is 7.89. The maximum Gasteiger partial charge on any atom is 0.253 e. The smallest absolute Gasteiger partial charge is 0.253 e. The molecule has 140 valence electrons. The minimum Gasteiger partial charge on any atom is -0.339 e. The fraction of sp³-hybridized carbons (Fsp3) is 0.350. The van der Waals surface area contributed by atoms with Gasteiger partial charge in [0.2, 0.25) is 10.0 Å². The van der Waals surface area contributed by atoms with Crippen LogP contribution in [0.25, 0.3) is 0 Å². The number of nitrogens with zero attached hydrogens (tertiary/aromatic N) is 1. The van der Waals surface area contributed by atoms with E-state index < -0.39 is 10.0 Å². The SMILES string of the molecule is CCN(CCc1ccccc1)C(=O)c1cc(C)c(C)c(S(=O)(=O)NC)c1. The van der Waals surface area contributed by atoms with Gasteiger partial charge in [0.05, 0.1) is 4.90 Å². The molecule has 0 aliphatic carbocycles. The number of aryl methyl sites for hydroxylation is 1. The van der Waals surface area contributed by atoms with Crippen LogP contribution in [0.15, 0.2) is 47.4 Å². The van der Waals surface area contributed by atoms with Gasteiger partial charge < -0.3 is 4.90 Å². The van der Waals surface area contributed by atoms with Crippen LogP contribution in [-0.2, 0) is 16.4 Å². The number of amides is 1. The molecule has 26 heavy (non-hydrogen) atoms. The third-order valence-corrected chi connectivity index (χ3v) is 6.15. The number of carbonyl (C=O) groups is 1. The Bertz CT molecular complexity index is 877. The Hall–Kier alpha value is -2.18. The second-order valence-corrected chi connectivity index (χ2v) is 8.10. The van der Waals surface area contributed by atoms with E-state index in [0.717, 1.165) is 17.5 Å². The molecule has 2 aromatic carbocycles. The highest BCUT2D eigenvalue weighted by Crippen LogP contribution is 2.22. The van der Waals surface area contributed by atoms with E-state index in [0.29, 0.717) is 24.2 Å². The van der Waals surface area contributed by atoms with Crippen LogP contribution in [0, 0.1) is 13.8 Å². The Balaban J connectivity index is 2.29. The summed E-state index contributed by atoms with van der Waals surface area (Å²) in [5, 5.41) is 0. The lowest BCUT2D eigenvalue weighted by molar-refractivity contribution is 0.0766. The molecular formula is C20H26N2O3S. The molecule has 0 aliphatic rings. The predicted octanol–water partition coefficient (Wildman–Crippen LogP) is 2.92. The van der Waals surface area contributed by atoms with Crippen LogP contribution < -0.4 is 4.72 Å². The number of sulfonamides is 1. The summed E-state index contributed by atoms with van der Waals surface area (Å²) < 4.78 is 26.9. The normalized spacial score (nSPS) is 11.4. The summed E-state index contributed by atoms with van der Waals surface area (Å²) in [4.78, 5) is 14.8. The molecule has 1 N–H and O–H groups in total. The first kappa shape index (κ1) is 20.1. The third kappa shape index (κ3) is 4.51. The first-order chi connectivity index (χ1) is 12.3. The molecule has 0 fully saturated rings. The Morgan fingerprint density at radius 3 is 2.35 bits per heavy atom. The molecule has 0 unspecified atom stereocenters. The Morgan fingerprint density at radius 1 is 1.12 bits per heavy atom. The van der Waals surface area contributed by atoms with E-state index in [1.54, 1.807) is 17.9 Å². The van der Waals surface area contributed by atoms with Crippen LogP contribution in [-0.4, -0.2) is 39.4 Å². The number of benzene rings is 2. The molecule has 0 heterocycles. The maximum atomic E-state index is 12.9. The minimum atomic E-state index is -3.62. The van der Waals surface area contributed by atoms with Gasteiger partial charge in [0, 0.05) is 18.7 Å². The van der Waals surface area contributed by atoms with Gasteiger partial charge >= 0.3 is 0 Å². The average Bonchev–Trinajstić information content (AvgIpc) is 2.64. The van der Waals surface area contributed by atoms with Crippen molar-refractivity contribution in [3.63, 3.8) is 0 Å². The molecule has 0 aromatic heterocycles. The van der Waals surface area contributed by atoms with Crippen molar-refractivity contribution in [1.29, 1.82) is 0 Å². The van der Waals surface area contributed by atoms with E-state index in [4.69, 9.17) is 0 Å². The van der Waals surface area contributed by atoms with Crippen LogP contribution in [0.5, 0.6) is 0 Å². The van der Waals surface area contributed by atoms with E-state index in [2.05, 4.69) is 4.72 Å². The van der Waals surface area contributed by atoms with Gasteiger partial charge in [-0.1, -0.05) is 30.3 Å². The van der Waals surface area contributed by atoms with Gasteiger partial charge in [-0.2, -0.15) is 0 Å². The van der Waals surface area contributed by atoms with Gasteiger partial charge in [-0.25, -0.2) is 13.1 Å². The number of hydrogen-bond acceptors (Lipinski definition) is 3. The molecule has 1 amide bonds. The number of rotatable bonds is 7. The van der Waals surface area contributed by atoms with Gasteiger partial charge in [-0.05, 0) is 63.1 Å². The summed E-state index contributed by atoms with van der Waals surface area (Å²) in [6.45, 7) is 6.64. The lowest BCUT2D eigenvalue weighted by atomic mass is 10.0. The largest absolute Gasteiger partial charge is 0.339 e. The van der Waals surface area contributed by atoms with Gasteiger partial charge in [0.1, 0.15) is 0 Å². The van der Waals surface area contributed by atoms with Crippen molar-refractivity contribution in [1.82, 2.24) is 9.62 Å². The van der Waals surface area contributed by atoms with E-state index in [1.807, 2.05) is 44.2 Å². The molecule has 0 spiro atoms. The van der Waals surface area contributed by atoms with Crippen LogP contribution in [0.4, 0.5) is 0 Å². The highest BCUT2D eigenvalue weighted by atomic mass is 32.2. The Morgan fingerprint density at radius 2 is 1.77 bits per heavy atom. The summed E-state index contributed by atoms with van der Waals surface area (Å²) in [6, 6.07) is 13.2. The maximum absolute atomic E-state index is 12.9. The number of carbonyl (C=O) groups excluding carboxylic acids is 1. The van der Waals surface area contributed by atoms with Crippen LogP contribution in [0.2, 0.25) is 0 Å². The van der Waals surface area contributed by atoms with Gasteiger partial charge in [-0.15, -0.1) is 0 Å². The van der Waals surface area contributed by atoms with Gasteiger partial charge in [0.25, 0.3) is 5.91 Å². The molecular weight excluding hydrogens is 348 g/mol. The molecule has 0 saturated carbocycles. The Kier molecular flexibility index (Phi) is 6.56. The topological polar surface area (TPSA) is 66.5 Å². The second-order valence-electron chi connectivity index (χ2n) is 6.24. The lowest BCUT2D eigenvalue weighted by Crippen LogP contribution is -2.33.